The number of pyridine rings is 1. The largest absolute Gasteiger partial charge is 0.303 e. The molecule has 0 unspecified atom stereocenters. The molecule has 0 aliphatic rings. The van der Waals surface area contributed by atoms with Crippen molar-refractivity contribution in [3.8, 4) is 5.69 Å². The van der Waals surface area contributed by atoms with Crippen LogP contribution in [-0.2, 0) is 6.54 Å². The lowest BCUT2D eigenvalue weighted by atomic mass is 10.1. The number of aromatic nitrogens is 4. The molecule has 114 valence electrons. The summed E-state index contributed by atoms with van der Waals surface area (Å²) in [5, 5.41) is 10.8. The molecule has 2 aromatic carbocycles. The Morgan fingerprint density at radius 2 is 1.52 bits per heavy atom. The van der Waals surface area contributed by atoms with E-state index in [0.717, 1.165) is 39.7 Å². The number of para-hydroxylation sites is 2. The Morgan fingerprint density at radius 3 is 2.13 bits per heavy atom. The van der Waals surface area contributed by atoms with E-state index in [1.54, 1.807) is 0 Å². The fourth-order valence-electron chi connectivity index (χ4n) is 2.87. The molecule has 0 saturated heterocycles. The Hall–Kier alpha value is -2.79. The molecule has 4 rings (SSSR count). The van der Waals surface area contributed by atoms with Crippen LogP contribution >= 0.6 is 0 Å². The molecule has 5 nitrogen and oxygen atoms in total. The molecule has 5 heteroatoms. The molecule has 0 amide bonds. The Bertz CT molecular complexity index is 933. The molecule has 0 N–H and O–H groups in total. The molecular formula is C18H17N5. The summed E-state index contributed by atoms with van der Waals surface area (Å²) < 4.78 is 1.87. The molecule has 0 radical (unpaired) electrons. The van der Waals surface area contributed by atoms with Crippen molar-refractivity contribution >= 4 is 21.8 Å². The van der Waals surface area contributed by atoms with Gasteiger partial charge in [0.25, 0.3) is 0 Å². The van der Waals surface area contributed by atoms with Crippen LogP contribution in [0.4, 0.5) is 0 Å². The van der Waals surface area contributed by atoms with Gasteiger partial charge in [-0.15, -0.1) is 5.10 Å². The van der Waals surface area contributed by atoms with E-state index in [4.69, 9.17) is 4.98 Å². The highest BCUT2D eigenvalue weighted by Crippen LogP contribution is 2.28. The van der Waals surface area contributed by atoms with E-state index in [2.05, 4.69) is 27.3 Å². The maximum absolute atomic E-state index is 4.75. The Kier molecular flexibility index (Phi) is 3.28. The standard InChI is InChI=1S/C18H17N5/c1-22(2)11-13-12-23(21-20-13)18-14-7-3-5-9-16(14)19-17-10-6-4-8-15(17)18/h3-10,12H,11H2,1-2H3. The van der Waals surface area contributed by atoms with Crippen LogP contribution < -0.4 is 0 Å². The summed E-state index contributed by atoms with van der Waals surface area (Å²) in [6, 6.07) is 16.3. The van der Waals surface area contributed by atoms with Gasteiger partial charge in [-0.25, -0.2) is 9.67 Å². The monoisotopic (exact) mass is 303 g/mol. The van der Waals surface area contributed by atoms with Crippen LogP contribution in [0.15, 0.2) is 54.7 Å². The Labute approximate surface area is 134 Å². The van der Waals surface area contributed by atoms with Crippen molar-refractivity contribution in [3.05, 3.63) is 60.4 Å². The number of fused-ring (bicyclic) bond motifs is 2. The molecular weight excluding hydrogens is 286 g/mol. The summed E-state index contributed by atoms with van der Waals surface area (Å²) in [6.45, 7) is 0.765. The van der Waals surface area contributed by atoms with Crippen LogP contribution in [-0.4, -0.2) is 39.0 Å². The van der Waals surface area contributed by atoms with E-state index in [9.17, 15) is 0 Å². The smallest absolute Gasteiger partial charge is 0.0971 e. The van der Waals surface area contributed by atoms with Gasteiger partial charge in [0.2, 0.25) is 0 Å². The zero-order valence-electron chi connectivity index (χ0n) is 13.1. The second kappa shape index (κ2) is 5.44. The van der Waals surface area contributed by atoms with Crippen LogP contribution in [0.25, 0.3) is 27.5 Å². The first kappa shape index (κ1) is 13.8. The normalized spacial score (nSPS) is 11.6. The van der Waals surface area contributed by atoms with Gasteiger partial charge in [-0.2, -0.15) is 0 Å². The number of rotatable bonds is 3. The molecule has 0 aliphatic carbocycles. The third kappa shape index (κ3) is 2.45. The van der Waals surface area contributed by atoms with Crippen LogP contribution in [0.5, 0.6) is 0 Å². The van der Waals surface area contributed by atoms with Crippen molar-refractivity contribution in [2.45, 2.75) is 6.54 Å². The number of benzene rings is 2. The van der Waals surface area contributed by atoms with Gasteiger partial charge < -0.3 is 4.90 Å². The maximum atomic E-state index is 4.75. The summed E-state index contributed by atoms with van der Waals surface area (Å²) in [7, 11) is 4.05. The quantitative estimate of drug-likeness (QED) is 0.546. The molecule has 4 aromatic rings. The van der Waals surface area contributed by atoms with Crippen molar-refractivity contribution in [2.75, 3.05) is 14.1 Å². The van der Waals surface area contributed by atoms with Gasteiger partial charge in [0.05, 0.1) is 28.6 Å². The fraction of sp³-hybridized carbons (Fsp3) is 0.167. The highest BCUT2D eigenvalue weighted by molar-refractivity contribution is 6.02. The first-order chi connectivity index (χ1) is 11.2. The summed E-state index contributed by atoms with van der Waals surface area (Å²) in [4.78, 5) is 6.83. The van der Waals surface area contributed by atoms with Crippen LogP contribution in [0.1, 0.15) is 5.69 Å². The lowest BCUT2D eigenvalue weighted by molar-refractivity contribution is 0.396. The predicted molar refractivity (Wildman–Crippen MR) is 91.6 cm³/mol. The van der Waals surface area contributed by atoms with E-state index < -0.39 is 0 Å². The number of nitrogens with zero attached hydrogens (tertiary/aromatic N) is 5. The lowest BCUT2D eigenvalue weighted by Crippen LogP contribution is -2.10. The van der Waals surface area contributed by atoms with E-state index in [1.165, 1.54) is 0 Å². The Morgan fingerprint density at radius 1 is 0.913 bits per heavy atom. The van der Waals surface area contributed by atoms with Gasteiger partial charge in [0, 0.05) is 17.3 Å². The van der Waals surface area contributed by atoms with Crippen molar-refractivity contribution in [3.63, 3.8) is 0 Å². The van der Waals surface area contributed by atoms with Crippen molar-refractivity contribution in [2.24, 2.45) is 0 Å². The van der Waals surface area contributed by atoms with E-state index >= 15 is 0 Å². The number of hydrogen-bond acceptors (Lipinski definition) is 4. The second-order valence-electron chi connectivity index (χ2n) is 5.89. The van der Waals surface area contributed by atoms with E-state index in [-0.39, 0.29) is 0 Å². The molecule has 0 atom stereocenters. The van der Waals surface area contributed by atoms with Crippen LogP contribution in [0.2, 0.25) is 0 Å². The second-order valence-corrected chi connectivity index (χ2v) is 5.89. The van der Waals surface area contributed by atoms with Gasteiger partial charge >= 0.3 is 0 Å². The van der Waals surface area contributed by atoms with Crippen LogP contribution in [0.3, 0.4) is 0 Å². The SMILES string of the molecule is CN(C)Cc1cn(-c2c3ccccc3nc3ccccc23)nn1. The maximum Gasteiger partial charge on any atom is 0.0971 e. The summed E-state index contributed by atoms with van der Waals surface area (Å²) in [5.41, 5.74) is 3.90. The highest BCUT2D eigenvalue weighted by Gasteiger charge is 2.12. The zero-order valence-corrected chi connectivity index (χ0v) is 13.1. The van der Waals surface area contributed by atoms with Gasteiger partial charge in [-0.3, -0.25) is 0 Å². The highest BCUT2D eigenvalue weighted by atomic mass is 15.4. The predicted octanol–water partition coefficient (Wildman–Crippen LogP) is 3.03. The third-order valence-electron chi connectivity index (χ3n) is 3.81. The average molecular weight is 303 g/mol. The molecule has 0 spiro atoms. The van der Waals surface area contributed by atoms with Crippen molar-refractivity contribution in [1.29, 1.82) is 0 Å². The zero-order chi connectivity index (χ0) is 15.8. The Balaban J connectivity index is 2.01. The first-order valence-electron chi connectivity index (χ1n) is 7.56. The molecule has 0 saturated carbocycles. The van der Waals surface area contributed by atoms with Gasteiger partial charge in [-0.1, -0.05) is 41.6 Å². The minimum atomic E-state index is 0.765. The van der Waals surface area contributed by atoms with Gasteiger partial charge in [-0.05, 0) is 26.2 Å². The minimum Gasteiger partial charge on any atom is -0.303 e. The van der Waals surface area contributed by atoms with Crippen molar-refractivity contribution < 1.29 is 0 Å². The molecule has 23 heavy (non-hydrogen) atoms. The molecule has 0 fully saturated rings. The molecule has 0 aliphatic heterocycles. The van der Waals surface area contributed by atoms with Crippen LogP contribution in [0, 0.1) is 0 Å². The van der Waals surface area contributed by atoms with Gasteiger partial charge in [0.1, 0.15) is 0 Å². The first-order valence-corrected chi connectivity index (χ1v) is 7.56. The molecule has 0 bridgehead atoms. The molecule has 2 heterocycles. The summed E-state index contributed by atoms with van der Waals surface area (Å²) in [6.07, 6.45) is 1.99. The van der Waals surface area contributed by atoms with Gasteiger partial charge in [0.15, 0.2) is 0 Å². The fourth-order valence-corrected chi connectivity index (χ4v) is 2.87. The third-order valence-corrected chi connectivity index (χ3v) is 3.81. The van der Waals surface area contributed by atoms with Crippen molar-refractivity contribution in [1.82, 2.24) is 24.9 Å². The average Bonchev–Trinajstić information content (AvgIpc) is 2.99. The number of hydrogen-bond donors (Lipinski definition) is 0. The minimum absolute atomic E-state index is 0.765. The summed E-state index contributed by atoms with van der Waals surface area (Å²) >= 11 is 0. The lowest BCUT2D eigenvalue weighted by Gasteiger charge is -2.10. The van der Waals surface area contributed by atoms with E-state index in [1.807, 2.05) is 61.4 Å². The topological polar surface area (TPSA) is 46.8 Å². The van der Waals surface area contributed by atoms with E-state index in [0.29, 0.717) is 0 Å². The molecule has 2 aromatic heterocycles. The summed E-state index contributed by atoms with van der Waals surface area (Å²) in [5.74, 6) is 0.